The van der Waals surface area contributed by atoms with Crippen molar-refractivity contribution in [2.45, 2.75) is 45.5 Å². The van der Waals surface area contributed by atoms with Gasteiger partial charge in [-0.3, -0.25) is 0 Å². The first kappa shape index (κ1) is 18.8. The molecule has 3 rings (SSSR count). The van der Waals surface area contributed by atoms with Gasteiger partial charge in [0, 0.05) is 17.9 Å². The zero-order chi connectivity index (χ0) is 18.7. The summed E-state index contributed by atoms with van der Waals surface area (Å²) in [7, 11) is -3.38. The van der Waals surface area contributed by atoms with E-state index in [-0.39, 0.29) is 11.9 Å². The third-order valence-corrected chi connectivity index (χ3v) is 6.22. The first-order valence-corrected chi connectivity index (χ1v) is 10.4. The summed E-state index contributed by atoms with van der Waals surface area (Å²) in [6.45, 7) is 6.61. The van der Waals surface area contributed by atoms with Crippen LogP contribution in [0.25, 0.3) is 0 Å². The molecule has 1 atom stereocenters. The van der Waals surface area contributed by atoms with Crippen molar-refractivity contribution in [3.63, 3.8) is 0 Å². The lowest BCUT2D eigenvalue weighted by Crippen LogP contribution is -2.44. The Morgan fingerprint density at radius 2 is 1.88 bits per heavy atom. The van der Waals surface area contributed by atoms with Crippen LogP contribution in [0.2, 0.25) is 0 Å². The number of hydrogen-bond acceptors (Lipinski definition) is 5. The van der Waals surface area contributed by atoms with Crippen LogP contribution in [0.4, 0.5) is 0 Å². The monoisotopic (exact) mass is 375 g/mol. The van der Waals surface area contributed by atoms with Crippen LogP contribution >= 0.6 is 0 Å². The molecule has 2 aromatic rings. The van der Waals surface area contributed by atoms with Crippen LogP contribution < -0.4 is 4.74 Å². The number of ether oxygens (including phenoxy) is 1. The zero-order valence-electron chi connectivity index (χ0n) is 15.5. The molecule has 1 unspecified atom stereocenters. The van der Waals surface area contributed by atoms with Crippen molar-refractivity contribution in [2.24, 2.45) is 0 Å². The molecule has 2 heterocycles. The standard InChI is InChI=1S/C19H25N3O3S/c1-14-6-4-7-17(10-14)13-26(23,24)22-9-5-8-18(12-22)25-19-20-15(2)11-16(3)21-19/h4,6-7,10-11,18H,5,8-9,12-13H2,1-3H3. The Balaban J connectivity index is 1.69. The molecule has 26 heavy (non-hydrogen) atoms. The van der Waals surface area contributed by atoms with Gasteiger partial charge in [-0.2, -0.15) is 4.31 Å². The molecular weight excluding hydrogens is 350 g/mol. The minimum Gasteiger partial charge on any atom is -0.459 e. The van der Waals surface area contributed by atoms with E-state index in [0.29, 0.717) is 19.1 Å². The Hall–Kier alpha value is -1.99. The molecule has 1 saturated heterocycles. The van der Waals surface area contributed by atoms with Crippen LogP contribution in [0, 0.1) is 20.8 Å². The van der Waals surface area contributed by atoms with Gasteiger partial charge in [0.15, 0.2) is 0 Å². The Morgan fingerprint density at radius 1 is 1.15 bits per heavy atom. The molecule has 6 nitrogen and oxygen atoms in total. The van der Waals surface area contributed by atoms with E-state index >= 15 is 0 Å². The molecule has 0 saturated carbocycles. The number of benzene rings is 1. The number of hydrogen-bond donors (Lipinski definition) is 0. The second kappa shape index (κ2) is 7.72. The maximum atomic E-state index is 12.8. The Morgan fingerprint density at radius 3 is 2.58 bits per heavy atom. The topological polar surface area (TPSA) is 72.4 Å². The van der Waals surface area contributed by atoms with Crippen molar-refractivity contribution < 1.29 is 13.2 Å². The minimum absolute atomic E-state index is 0.0153. The van der Waals surface area contributed by atoms with Gasteiger partial charge in [0.05, 0.1) is 12.3 Å². The van der Waals surface area contributed by atoms with Crippen molar-refractivity contribution in [2.75, 3.05) is 13.1 Å². The highest BCUT2D eigenvalue weighted by atomic mass is 32.2. The maximum Gasteiger partial charge on any atom is 0.317 e. The number of rotatable bonds is 5. The summed E-state index contributed by atoms with van der Waals surface area (Å²) in [4.78, 5) is 8.58. The van der Waals surface area contributed by atoms with Crippen LogP contribution in [0.3, 0.4) is 0 Å². The number of nitrogens with zero attached hydrogens (tertiary/aromatic N) is 3. The Labute approximate surface area is 155 Å². The highest BCUT2D eigenvalue weighted by Crippen LogP contribution is 2.21. The number of aryl methyl sites for hydroxylation is 3. The van der Waals surface area contributed by atoms with Crippen LogP contribution in [-0.4, -0.2) is 41.9 Å². The molecule has 0 amide bonds. The normalized spacial score (nSPS) is 18.7. The molecule has 1 aliphatic rings. The zero-order valence-corrected chi connectivity index (χ0v) is 16.3. The highest BCUT2D eigenvalue weighted by Gasteiger charge is 2.30. The minimum atomic E-state index is -3.38. The van der Waals surface area contributed by atoms with Crippen molar-refractivity contribution in [3.05, 3.63) is 52.8 Å². The molecule has 0 radical (unpaired) electrons. The molecular formula is C19H25N3O3S. The molecule has 0 spiro atoms. The summed E-state index contributed by atoms with van der Waals surface area (Å²) in [6, 6.07) is 9.83. The molecule has 1 aromatic heterocycles. The third-order valence-electron chi connectivity index (χ3n) is 4.40. The van der Waals surface area contributed by atoms with Gasteiger partial charge in [-0.05, 0) is 45.2 Å². The van der Waals surface area contributed by atoms with Crippen molar-refractivity contribution >= 4 is 10.0 Å². The van der Waals surface area contributed by atoms with E-state index in [1.54, 1.807) is 0 Å². The molecule has 0 aliphatic carbocycles. The van der Waals surface area contributed by atoms with Crippen molar-refractivity contribution in [3.8, 4) is 6.01 Å². The lowest BCUT2D eigenvalue weighted by Gasteiger charge is -2.31. The van der Waals surface area contributed by atoms with Crippen molar-refractivity contribution in [1.29, 1.82) is 0 Å². The highest BCUT2D eigenvalue weighted by molar-refractivity contribution is 7.88. The van der Waals surface area contributed by atoms with Gasteiger partial charge in [0.2, 0.25) is 10.0 Å². The Bertz CT molecular complexity index is 863. The van der Waals surface area contributed by atoms with Crippen LogP contribution in [0.15, 0.2) is 30.3 Å². The molecule has 0 bridgehead atoms. The fourth-order valence-electron chi connectivity index (χ4n) is 3.25. The van der Waals surface area contributed by atoms with E-state index in [1.165, 1.54) is 4.31 Å². The molecule has 1 fully saturated rings. The molecule has 140 valence electrons. The van der Waals surface area contributed by atoms with Crippen molar-refractivity contribution in [1.82, 2.24) is 14.3 Å². The number of aromatic nitrogens is 2. The van der Waals surface area contributed by atoms with E-state index in [2.05, 4.69) is 9.97 Å². The summed E-state index contributed by atoms with van der Waals surface area (Å²) in [5, 5.41) is 0. The van der Waals surface area contributed by atoms with Gasteiger partial charge < -0.3 is 4.74 Å². The van der Waals surface area contributed by atoms with E-state index in [4.69, 9.17) is 4.74 Å². The van der Waals surface area contributed by atoms with E-state index in [0.717, 1.165) is 35.4 Å². The molecule has 1 aromatic carbocycles. The van der Waals surface area contributed by atoms with E-state index in [1.807, 2.05) is 51.1 Å². The fraction of sp³-hybridized carbons (Fsp3) is 0.474. The summed E-state index contributed by atoms with van der Waals surface area (Å²) in [5.74, 6) is 0.0153. The second-order valence-corrected chi connectivity index (χ2v) is 8.89. The second-order valence-electron chi connectivity index (χ2n) is 6.92. The number of piperidine rings is 1. The molecule has 1 aliphatic heterocycles. The smallest absolute Gasteiger partial charge is 0.317 e. The lowest BCUT2D eigenvalue weighted by atomic mass is 10.1. The fourth-order valence-corrected chi connectivity index (χ4v) is 4.84. The predicted molar refractivity (Wildman–Crippen MR) is 101 cm³/mol. The Kier molecular flexibility index (Phi) is 5.58. The average molecular weight is 375 g/mol. The van der Waals surface area contributed by atoms with Crippen LogP contribution in [0.5, 0.6) is 6.01 Å². The van der Waals surface area contributed by atoms with Crippen LogP contribution in [-0.2, 0) is 15.8 Å². The SMILES string of the molecule is Cc1cccc(CS(=O)(=O)N2CCCC(Oc3nc(C)cc(C)n3)C2)c1. The third kappa shape index (κ3) is 4.80. The summed E-state index contributed by atoms with van der Waals surface area (Å²) in [5.41, 5.74) is 3.55. The average Bonchev–Trinajstić information content (AvgIpc) is 2.53. The number of sulfonamides is 1. The summed E-state index contributed by atoms with van der Waals surface area (Å²) in [6.07, 6.45) is 1.34. The lowest BCUT2D eigenvalue weighted by molar-refractivity contribution is 0.118. The summed E-state index contributed by atoms with van der Waals surface area (Å²) >= 11 is 0. The first-order chi connectivity index (χ1) is 12.3. The molecule has 7 heteroatoms. The maximum absolute atomic E-state index is 12.8. The van der Waals surface area contributed by atoms with Gasteiger partial charge in [-0.25, -0.2) is 18.4 Å². The van der Waals surface area contributed by atoms with Gasteiger partial charge in [0.1, 0.15) is 6.10 Å². The van der Waals surface area contributed by atoms with Crippen LogP contribution in [0.1, 0.15) is 35.4 Å². The van der Waals surface area contributed by atoms with Gasteiger partial charge in [-0.1, -0.05) is 29.8 Å². The molecule has 0 N–H and O–H groups in total. The predicted octanol–water partition coefficient (Wildman–Crippen LogP) is 2.78. The van der Waals surface area contributed by atoms with Gasteiger partial charge >= 0.3 is 6.01 Å². The summed E-state index contributed by atoms with van der Waals surface area (Å²) < 4.78 is 33.0. The largest absolute Gasteiger partial charge is 0.459 e. The van der Waals surface area contributed by atoms with E-state index < -0.39 is 10.0 Å². The van der Waals surface area contributed by atoms with E-state index in [9.17, 15) is 8.42 Å². The van der Waals surface area contributed by atoms with Gasteiger partial charge in [-0.15, -0.1) is 0 Å². The quantitative estimate of drug-likeness (QED) is 0.803. The first-order valence-electron chi connectivity index (χ1n) is 8.84. The van der Waals surface area contributed by atoms with Gasteiger partial charge in [0.25, 0.3) is 0 Å².